The summed E-state index contributed by atoms with van der Waals surface area (Å²) in [6.45, 7) is 0. The molecule has 1 N–H and O–H groups in total. The zero-order valence-electron chi connectivity index (χ0n) is 11.6. The molecule has 1 heterocycles. The minimum atomic E-state index is -0.411. The molecule has 0 saturated heterocycles. The van der Waals surface area contributed by atoms with Gasteiger partial charge in [0.05, 0.1) is 5.39 Å². The monoisotopic (exact) mass is 288 g/mol. The number of rotatable bonds is 1. The van der Waals surface area contributed by atoms with Crippen LogP contribution in [-0.2, 0) is 0 Å². The van der Waals surface area contributed by atoms with E-state index in [9.17, 15) is 9.90 Å². The molecule has 0 aliphatic heterocycles. The maximum Gasteiger partial charge on any atom is 0.235 e. The van der Waals surface area contributed by atoms with Crippen LogP contribution in [0.25, 0.3) is 33.1 Å². The van der Waals surface area contributed by atoms with Gasteiger partial charge in [-0.25, -0.2) is 0 Å². The van der Waals surface area contributed by atoms with Gasteiger partial charge in [-0.1, -0.05) is 60.7 Å². The van der Waals surface area contributed by atoms with Gasteiger partial charge in [-0.2, -0.15) is 0 Å². The van der Waals surface area contributed by atoms with Gasteiger partial charge < -0.3 is 9.52 Å². The highest BCUT2D eigenvalue weighted by Gasteiger charge is 2.16. The predicted octanol–water partition coefficient (Wildman–Crippen LogP) is 4.32. The molecule has 0 fully saturated rings. The van der Waals surface area contributed by atoms with Crippen molar-refractivity contribution in [1.29, 1.82) is 0 Å². The summed E-state index contributed by atoms with van der Waals surface area (Å²) in [5.74, 6) is -0.150. The van der Waals surface area contributed by atoms with Crippen molar-refractivity contribution in [1.82, 2.24) is 0 Å². The molecule has 3 aromatic carbocycles. The van der Waals surface area contributed by atoms with Gasteiger partial charge in [0.25, 0.3) is 0 Å². The quantitative estimate of drug-likeness (QED) is 0.531. The first-order valence-corrected chi connectivity index (χ1v) is 6.98. The Hall–Kier alpha value is -3.07. The van der Waals surface area contributed by atoms with Crippen molar-refractivity contribution in [2.24, 2.45) is 0 Å². The second-order valence-electron chi connectivity index (χ2n) is 5.14. The molecule has 3 heteroatoms. The van der Waals surface area contributed by atoms with Crippen molar-refractivity contribution in [3.05, 3.63) is 77.0 Å². The van der Waals surface area contributed by atoms with Crippen molar-refractivity contribution in [3.63, 3.8) is 0 Å². The second kappa shape index (κ2) is 4.74. The first kappa shape index (κ1) is 12.7. The van der Waals surface area contributed by atoms with Gasteiger partial charge in [-0.3, -0.25) is 4.79 Å². The topological polar surface area (TPSA) is 50.4 Å². The van der Waals surface area contributed by atoms with Crippen LogP contribution >= 0.6 is 0 Å². The molecule has 4 aromatic rings. The van der Waals surface area contributed by atoms with Crippen molar-refractivity contribution in [2.45, 2.75) is 0 Å². The molecule has 0 amide bonds. The van der Waals surface area contributed by atoms with E-state index in [1.165, 1.54) is 0 Å². The zero-order valence-corrected chi connectivity index (χ0v) is 11.6. The van der Waals surface area contributed by atoms with Gasteiger partial charge in [-0.15, -0.1) is 0 Å². The minimum Gasteiger partial charge on any atom is -0.502 e. The Kier molecular flexibility index (Phi) is 2.73. The van der Waals surface area contributed by atoms with Crippen LogP contribution in [0.3, 0.4) is 0 Å². The van der Waals surface area contributed by atoms with Crippen LogP contribution in [0.2, 0.25) is 0 Å². The third-order valence-corrected chi connectivity index (χ3v) is 3.79. The number of aromatic hydroxyl groups is 1. The first-order valence-electron chi connectivity index (χ1n) is 6.98. The molecule has 0 atom stereocenters. The molecular formula is C19H12O3. The summed E-state index contributed by atoms with van der Waals surface area (Å²) in [6, 6.07) is 20.4. The Morgan fingerprint density at radius 1 is 0.773 bits per heavy atom. The molecule has 1 aromatic heterocycles. The first-order chi connectivity index (χ1) is 10.8. The number of fused-ring (bicyclic) bond motifs is 3. The molecule has 0 aliphatic rings. The summed E-state index contributed by atoms with van der Waals surface area (Å²) in [5, 5.41) is 12.4. The van der Waals surface area contributed by atoms with Gasteiger partial charge >= 0.3 is 0 Å². The Morgan fingerprint density at radius 3 is 2.32 bits per heavy atom. The van der Waals surface area contributed by atoms with E-state index in [2.05, 4.69) is 0 Å². The van der Waals surface area contributed by atoms with E-state index in [0.29, 0.717) is 16.5 Å². The third kappa shape index (κ3) is 1.79. The Bertz CT molecular complexity index is 1050. The smallest absolute Gasteiger partial charge is 0.235 e. The van der Waals surface area contributed by atoms with Crippen LogP contribution < -0.4 is 5.43 Å². The summed E-state index contributed by atoms with van der Waals surface area (Å²) >= 11 is 0. The number of hydrogen-bond acceptors (Lipinski definition) is 3. The van der Waals surface area contributed by atoms with Crippen LogP contribution in [0.4, 0.5) is 0 Å². The molecule has 0 bridgehead atoms. The summed E-state index contributed by atoms with van der Waals surface area (Å²) in [5.41, 5.74) is 0.762. The lowest BCUT2D eigenvalue weighted by atomic mass is 10.1. The molecule has 4 rings (SSSR count). The molecule has 106 valence electrons. The molecule has 0 radical (unpaired) electrons. The highest BCUT2D eigenvalue weighted by molar-refractivity contribution is 6.04. The average Bonchev–Trinajstić information content (AvgIpc) is 2.58. The lowest BCUT2D eigenvalue weighted by Crippen LogP contribution is -2.02. The standard InChI is InChI=1S/C19H12O3/c20-16-15-11-10-12-6-4-5-9-14(12)19(15)22-18(17(16)21)13-7-2-1-3-8-13/h1-11,21H. The number of benzene rings is 3. The maximum atomic E-state index is 12.5. The summed E-state index contributed by atoms with van der Waals surface area (Å²) < 4.78 is 5.92. The van der Waals surface area contributed by atoms with E-state index in [1.54, 1.807) is 18.2 Å². The summed E-state index contributed by atoms with van der Waals surface area (Å²) in [4.78, 5) is 12.5. The van der Waals surface area contributed by atoms with Gasteiger partial charge in [0.1, 0.15) is 5.58 Å². The van der Waals surface area contributed by atoms with Crippen LogP contribution in [0.5, 0.6) is 5.75 Å². The largest absolute Gasteiger partial charge is 0.502 e. The normalized spacial score (nSPS) is 11.1. The fourth-order valence-corrected chi connectivity index (χ4v) is 2.70. The molecular weight excluding hydrogens is 276 g/mol. The predicted molar refractivity (Wildman–Crippen MR) is 87.1 cm³/mol. The third-order valence-electron chi connectivity index (χ3n) is 3.79. The van der Waals surface area contributed by atoms with E-state index in [4.69, 9.17) is 4.42 Å². The second-order valence-corrected chi connectivity index (χ2v) is 5.14. The van der Waals surface area contributed by atoms with E-state index >= 15 is 0 Å². The van der Waals surface area contributed by atoms with E-state index in [0.717, 1.165) is 10.8 Å². The maximum absolute atomic E-state index is 12.5. The molecule has 0 spiro atoms. The number of hydrogen-bond donors (Lipinski definition) is 1. The van der Waals surface area contributed by atoms with Gasteiger partial charge in [0, 0.05) is 10.9 Å². The summed E-state index contributed by atoms with van der Waals surface area (Å²) in [7, 11) is 0. The fraction of sp³-hybridized carbons (Fsp3) is 0. The Balaban J connectivity index is 2.18. The lowest BCUT2D eigenvalue weighted by molar-refractivity contribution is 0.449. The molecule has 0 unspecified atom stereocenters. The highest BCUT2D eigenvalue weighted by atomic mass is 16.4. The zero-order chi connectivity index (χ0) is 15.1. The van der Waals surface area contributed by atoms with Gasteiger partial charge in [0.2, 0.25) is 11.2 Å². The Morgan fingerprint density at radius 2 is 1.50 bits per heavy atom. The summed E-state index contributed by atoms with van der Waals surface area (Å²) in [6.07, 6.45) is 0. The van der Waals surface area contributed by atoms with Crippen molar-refractivity contribution in [2.75, 3.05) is 0 Å². The van der Waals surface area contributed by atoms with Crippen molar-refractivity contribution >= 4 is 21.7 Å². The van der Waals surface area contributed by atoms with Crippen LogP contribution in [0.1, 0.15) is 0 Å². The molecule has 3 nitrogen and oxygen atoms in total. The van der Waals surface area contributed by atoms with Crippen LogP contribution in [-0.4, -0.2) is 5.11 Å². The Labute approximate surface area is 126 Å². The highest BCUT2D eigenvalue weighted by Crippen LogP contribution is 2.32. The molecule has 22 heavy (non-hydrogen) atoms. The molecule has 0 aliphatic carbocycles. The van der Waals surface area contributed by atoms with Crippen molar-refractivity contribution in [3.8, 4) is 17.1 Å². The average molecular weight is 288 g/mol. The minimum absolute atomic E-state index is 0.203. The fourth-order valence-electron chi connectivity index (χ4n) is 2.70. The van der Waals surface area contributed by atoms with Gasteiger partial charge in [0.15, 0.2) is 5.76 Å². The van der Waals surface area contributed by atoms with E-state index in [1.807, 2.05) is 48.5 Å². The SMILES string of the molecule is O=c1c(O)c(-c2ccccc2)oc2c1ccc1ccccc12. The molecule has 0 saturated carbocycles. The lowest BCUT2D eigenvalue weighted by Gasteiger charge is -2.08. The van der Waals surface area contributed by atoms with Gasteiger partial charge in [-0.05, 0) is 11.5 Å². The van der Waals surface area contributed by atoms with Crippen LogP contribution in [0, 0.1) is 0 Å². The van der Waals surface area contributed by atoms with E-state index < -0.39 is 5.43 Å². The van der Waals surface area contributed by atoms with Crippen LogP contribution in [0.15, 0.2) is 75.9 Å². The van der Waals surface area contributed by atoms with E-state index in [-0.39, 0.29) is 11.5 Å². The van der Waals surface area contributed by atoms with Crippen molar-refractivity contribution < 1.29 is 9.52 Å².